The Morgan fingerprint density at radius 2 is 2.03 bits per heavy atom. The largest absolute Gasteiger partial charge is 0.457 e. The van der Waals surface area contributed by atoms with E-state index in [1.807, 2.05) is 0 Å². The second-order valence-corrected chi connectivity index (χ2v) is 11.5. The molecule has 10 heteroatoms. The summed E-state index contributed by atoms with van der Waals surface area (Å²) in [6.07, 6.45) is 1.48. The van der Waals surface area contributed by atoms with E-state index in [0.717, 1.165) is 6.08 Å². The van der Waals surface area contributed by atoms with E-state index in [4.69, 9.17) is 26.1 Å². The minimum absolute atomic E-state index is 0.0132. The molecule has 1 heterocycles. The fourth-order valence-electron chi connectivity index (χ4n) is 7.97. The van der Waals surface area contributed by atoms with Crippen LogP contribution < -0.4 is 0 Å². The van der Waals surface area contributed by atoms with Crippen molar-refractivity contribution in [3.8, 4) is 0 Å². The van der Waals surface area contributed by atoms with Gasteiger partial charge in [0.25, 0.3) is 0 Å². The molecule has 6 nitrogen and oxygen atoms in total. The highest BCUT2D eigenvalue weighted by Gasteiger charge is 2.78. The predicted molar refractivity (Wildman–Crippen MR) is 130 cm³/mol. The minimum Gasteiger partial charge on any atom is -0.457 e. The summed E-state index contributed by atoms with van der Waals surface area (Å²) in [5.41, 5.74) is -6.82. The van der Waals surface area contributed by atoms with Gasteiger partial charge in [-0.05, 0) is 74.2 Å². The summed E-state index contributed by atoms with van der Waals surface area (Å²) in [6, 6.07) is 2.90. The van der Waals surface area contributed by atoms with Crippen molar-refractivity contribution in [2.75, 3.05) is 6.86 Å². The average molecular weight is 539 g/mol. The molecule has 0 radical (unpaired) electrons. The van der Waals surface area contributed by atoms with Crippen molar-refractivity contribution in [2.24, 2.45) is 28.6 Å². The Bertz CT molecular complexity index is 1200. The fourth-order valence-corrected chi connectivity index (χ4v) is 8.49. The van der Waals surface area contributed by atoms with Crippen LogP contribution in [-0.4, -0.2) is 52.3 Å². The van der Waals surface area contributed by atoms with Gasteiger partial charge in [-0.1, -0.05) is 19.9 Å². The summed E-state index contributed by atoms with van der Waals surface area (Å²) >= 11 is 5.48. The van der Waals surface area contributed by atoms with Crippen molar-refractivity contribution in [3.63, 3.8) is 0 Å². The number of rotatable bonds is 4. The maximum Gasteiger partial charge on any atom is 0.375 e. The molecule has 3 fully saturated rings. The molecule has 3 saturated carbocycles. The lowest BCUT2D eigenvalue weighted by atomic mass is 9.44. The molecule has 5 rings (SSSR count). The zero-order valence-corrected chi connectivity index (χ0v) is 21.5. The van der Waals surface area contributed by atoms with E-state index in [1.165, 1.54) is 37.5 Å². The van der Waals surface area contributed by atoms with Gasteiger partial charge in [0.2, 0.25) is 17.7 Å². The van der Waals surface area contributed by atoms with Crippen molar-refractivity contribution in [1.29, 1.82) is 0 Å². The van der Waals surface area contributed by atoms with Gasteiger partial charge in [0.15, 0.2) is 17.1 Å². The average Bonchev–Trinajstić information content (AvgIpc) is 3.45. The first-order chi connectivity index (χ1) is 17.4. The highest BCUT2D eigenvalue weighted by atomic mass is 32.1. The van der Waals surface area contributed by atoms with Crippen LogP contribution in [0.2, 0.25) is 0 Å². The number of hydrogen-bond donors (Lipinski definition) is 1. The van der Waals surface area contributed by atoms with Gasteiger partial charge in [0.05, 0.1) is 12.4 Å². The number of hydrogen-bond acceptors (Lipinski definition) is 7. The van der Waals surface area contributed by atoms with Crippen LogP contribution in [0.25, 0.3) is 0 Å². The highest BCUT2D eigenvalue weighted by Crippen LogP contribution is 2.71. The van der Waals surface area contributed by atoms with Gasteiger partial charge in [0.1, 0.15) is 6.17 Å². The third-order valence-corrected chi connectivity index (χ3v) is 10.1. The van der Waals surface area contributed by atoms with E-state index in [0.29, 0.717) is 0 Å². The number of aliphatic hydroxyl groups excluding tert-OH is 1. The topological polar surface area (TPSA) is 86.0 Å². The molecule has 1 aromatic heterocycles. The third-order valence-electron chi connectivity index (χ3n) is 9.63. The molecular formula is C27H29F3O6S. The van der Waals surface area contributed by atoms with Crippen LogP contribution in [0.15, 0.2) is 46.6 Å². The third kappa shape index (κ3) is 3.24. The molecule has 0 aromatic carbocycles. The first kappa shape index (κ1) is 26.2. The molecular weight excluding hydrogens is 509 g/mol. The number of thiocarbonyl (C=S) groups is 1. The normalized spacial score (nSPS) is 44.4. The SMILES string of the molecule is C[C@@H]1C[C@H]2[C@@H]3C[C@H](F)C4=CC(=O)C=C[C@]4(C)[C@@]3(F)[C@@H](O)C[C@]2(C)[C@]1(OC(=O)c1ccco1)C(=S)OCF. The van der Waals surface area contributed by atoms with Gasteiger partial charge in [-0.2, -0.15) is 0 Å². The van der Waals surface area contributed by atoms with Crippen LogP contribution in [0, 0.1) is 28.6 Å². The lowest BCUT2D eigenvalue weighted by molar-refractivity contribution is -0.216. The van der Waals surface area contributed by atoms with Crippen molar-refractivity contribution in [1.82, 2.24) is 0 Å². The van der Waals surface area contributed by atoms with Crippen LogP contribution in [-0.2, 0) is 14.3 Å². The summed E-state index contributed by atoms with van der Waals surface area (Å²) in [6.45, 7) is 3.67. The molecule has 200 valence electrons. The van der Waals surface area contributed by atoms with Crippen molar-refractivity contribution in [3.05, 3.63) is 48.0 Å². The molecule has 9 atom stereocenters. The van der Waals surface area contributed by atoms with Gasteiger partial charge >= 0.3 is 5.97 Å². The molecule has 1 N–H and O–H groups in total. The molecule has 4 aliphatic carbocycles. The van der Waals surface area contributed by atoms with Gasteiger partial charge in [0, 0.05) is 22.7 Å². The number of ether oxygens (including phenoxy) is 2. The van der Waals surface area contributed by atoms with Crippen molar-refractivity contribution >= 4 is 29.0 Å². The van der Waals surface area contributed by atoms with E-state index in [-0.39, 0.29) is 35.6 Å². The molecule has 4 aliphatic rings. The number of carbonyl (C=O) groups is 2. The van der Waals surface area contributed by atoms with Crippen LogP contribution in [0.4, 0.5) is 13.2 Å². The highest BCUT2D eigenvalue weighted by molar-refractivity contribution is 7.80. The molecule has 0 spiro atoms. The minimum atomic E-state index is -2.31. The number of ketones is 1. The molecule has 0 bridgehead atoms. The van der Waals surface area contributed by atoms with Crippen LogP contribution in [0.3, 0.4) is 0 Å². The van der Waals surface area contributed by atoms with Gasteiger partial charge < -0.3 is 19.0 Å². The van der Waals surface area contributed by atoms with Gasteiger partial charge in [-0.3, -0.25) is 4.79 Å². The Morgan fingerprint density at radius 3 is 2.68 bits per heavy atom. The summed E-state index contributed by atoms with van der Waals surface area (Å²) in [5.74, 6) is -3.63. The number of furan rings is 1. The second-order valence-electron chi connectivity index (χ2n) is 11.1. The molecule has 0 aliphatic heterocycles. The predicted octanol–water partition coefficient (Wildman–Crippen LogP) is 5.01. The monoisotopic (exact) mass is 538 g/mol. The van der Waals surface area contributed by atoms with Crippen LogP contribution in [0.5, 0.6) is 0 Å². The Balaban J connectivity index is 1.64. The Hall–Kier alpha value is -2.46. The number of fused-ring (bicyclic) bond motifs is 5. The van der Waals surface area contributed by atoms with E-state index >= 15 is 8.78 Å². The summed E-state index contributed by atoms with van der Waals surface area (Å²) in [4.78, 5) is 25.1. The fraction of sp³-hybridized carbons (Fsp3) is 0.593. The Morgan fingerprint density at radius 1 is 1.30 bits per heavy atom. The van der Waals surface area contributed by atoms with E-state index in [2.05, 4.69) is 0 Å². The van der Waals surface area contributed by atoms with E-state index in [1.54, 1.807) is 13.8 Å². The number of allylic oxidation sites excluding steroid dienone is 4. The lowest BCUT2D eigenvalue weighted by Gasteiger charge is -2.63. The summed E-state index contributed by atoms with van der Waals surface area (Å²) < 4.78 is 62.8. The van der Waals surface area contributed by atoms with Crippen molar-refractivity contribution < 1.29 is 41.8 Å². The second kappa shape index (κ2) is 8.53. The smallest absolute Gasteiger partial charge is 0.375 e. The Kier molecular flexibility index (Phi) is 6.03. The van der Waals surface area contributed by atoms with Gasteiger partial charge in [-0.15, -0.1) is 0 Å². The molecule has 37 heavy (non-hydrogen) atoms. The first-order valence-electron chi connectivity index (χ1n) is 12.3. The molecule has 0 amide bonds. The van der Waals surface area contributed by atoms with E-state index in [9.17, 15) is 19.1 Å². The van der Waals surface area contributed by atoms with Gasteiger partial charge in [-0.25, -0.2) is 18.0 Å². The number of halogens is 3. The van der Waals surface area contributed by atoms with E-state index < -0.39 is 70.7 Å². The molecule has 0 saturated heterocycles. The quantitative estimate of drug-likeness (QED) is 0.426. The zero-order valence-electron chi connectivity index (χ0n) is 20.7. The number of alkyl halides is 3. The first-order valence-corrected chi connectivity index (χ1v) is 12.7. The van der Waals surface area contributed by atoms with Crippen LogP contribution in [0.1, 0.15) is 50.6 Å². The van der Waals surface area contributed by atoms with Crippen molar-refractivity contribution in [2.45, 2.75) is 63.6 Å². The maximum atomic E-state index is 17.4. The number of carbonyl (C=O) groups excluding carboxylic acids is 2. The number of aliphatic hydroxyl groups is 1. The lowest BCUT2D eigenvalue weighted by Crippen LogP contribution is -2.71. The molecule has 0 unspecified atom stereocenters. The molecule has 1 aromatic rings. The Labute approximate surface area is 217 Å². The standard InChI is InChI=1S/C27H29F3O6S/c1-14-9-16-17-11-19(29)18-10-15(31)6-7-24(18,2)26(17,30)21(32)12-25(16,3)27(14,23(37)35-13-28)36-22(33)20-5-4-8-34-20/h4-8,10,14,16-17,19,21,32H,9,11-13H2,1-3H3/t14-,16+,17+,19+,21+,24+,25+,26+,27-/m1/s1. The summed E-state index contributed by atoms with van der Waals surface area (Å²) in [5, 5.41) is 11.2. The number of esters is 1. The van der Waals surface area contributed by atoms with Crippen LogP contribution >= 0.6 is 12.2 Å². The summed E-state index contributed by atoms with van der Waals surface area (Å²) in [7, 11) is 0. The zero-order chi connectivity index (χ0) is 27.0. The maximum absolute atomic E-state index is 17.4.